The highest BCUT2D eigenvalue weighted by Crippen LogP contribution is 2.13. The lowest BCUT2D eigenvalue weighted by Crippen LogP contribution is -2.46. The first kappa shape index (κ1) is 15.0. The Hall–Kier alpha value is -1.40. The molecule has 2 heterocycles. The largest absolute Gasteiger partial charge is 0.349 e. The minimum Gasteiger partial charge on any atom is -0.349 e. The Balaban J connectivity index is 1.74. The van der Waals surface area contributed by atoms with Crippen LogP contribution in [-0.2, 0) is 4.79 Å². The van der Waals surface area contributed by atoms with Crippen LogP contribution in [0.1, 0.15) is 29.6 Å². The summed E-state index contributed by atoms with van der Waals surface area (Å²) in [7, 11) is 1.85. The van der Waals surface area contributed by atoms with Crippen LogP contribution in [0.5, 0.6) is 0 Å². The van der Waals surface area contributed by atoms with Gasteiger partial charge in [-0.2, -0.15) is 11.3 Å². The Morgan fingerprint density at radius 1 is 1.40 bits per heavy atom. The number of piperidine rings is 1. The fourth-order valence-electron chi connectivity index (χ4n) is 2.33. The lowest BCUT2D eigenvalue weighted by molar-refractivity contribution is -0.132. The molecule has 0 spiro atoms. The number of hydrogen-bond donors (Lipinski definition) is 2. The van der Waals surface area contributed by atoms with Crippen LogP contribution in [0.3, 0.4) is 0 Å². The molecule has 0 saturated carbocycles. The normalized spacial score (nSPS) is 16.1. The van der Waals surface area contributed by atoms with Gasteiger partial charge in [0.2, 0.25) is 5.91 Å². The van der Waals surface area contributed by atoms with Gasteiger partial charge in [-0.1, -0.05) is 0 Å². The third-order valence-electron chi connectivity index (χ3n) is 3.56. The summed E-state index contributed by atoms with van der Waals surface area (Å²) in [4.78, 5) is 25.7. The summed E-state index contributed by atoms with van der Waals surface area (Å²) in [5, 5.41) is 9.78. The Kier molecular flexibility index (Phi) is 5.55. The molecule has 0 unspecified atom stereocenters. The molecule has 1 saturated heterocycles. The monoisotopic (exact) mass is 295 g/mol. The lowest BCUT2D eigenvalue weighted by atomic mass is 10.0. The number of carbonyl (C=O) groups excluding carboxylic acids is 2. The average molecular weight is 295 g/mol. The molecule has 2 amide bonds. The van der Waals surface area contributed by atoms with Crippen molar-refractivity contribution in [2.24, 2.45) is 0 Å². The highest BCUT2D eigenvalue weighted by Gasteiger charge is 2.23. The maximum atomic E-state index is 11.9. The number of nitrogens with one attached hydrogen (secondary N) is 2. The SMILES string of the molecule is CNCCC(=O)N1CCC(NC(=O)c2ccsc2)CC1. The molecule has 1 aromatic rings. The van der Waals surface area contributed by atoms with Gasteiger partial charge < -0.3 is 15.5 Å². The third kappa shape index (κ3) is 4.05. The van der Waals surface area contributed by atoms with Gasteiger partial charge in [-0.3, -0.25) is 9.59 Å². The molecule has 2 rings (SSSR count). The van der Waals surface area contributed by atoms with Crippen molar-refractivity contribution in [3.05, 3.63) is 22.4 Å². The van der Waals surface area contributed by atoms with Crippen LogP contribution in [0, 0.1) is 0 Å². The number of carbonyl (C=O) groups is 2. The molecule has 2 N–H and O–H groups in total. The van der Waals surface area contributed by atoms with Gasteiger partial charge in [0.05, 0.1) is 0 Å². The number of rotatable bonds is 5. The Morgan fingerprint density at radius 2 is 2.15 bits per heavy atom. The molecule has 6 heteroatoms. The summed E-state index contributed by atoms with van der Waals surface area (Å²) in [6.07, 6.45) is 2.21. The van der Waals surface area contributed by atoms with Crippen LogP contribution in [0.15, 0.2) is 16.8 Å². The van der Waals surface area contributed by atoms with Crippen molar-refractivity contribution in [1.82, 2.24) is 15.5 Å². The van der Waals surface area contributed by atoms with Gasteiger partial charge in [0.1, 0.15) is 0 Å². The van der Waals surface area contributed by atoms with E-state index in [1.807, 2.05) is 28.8 Å². The van der Waals surface area contributed by atoms with E-state index >= 15 is 0 Å². The number of amides is 2. The van der Waals surface area contributed by atoms with Crippen LogP contribution in [0.25, 0.3) is 0 Å². The van der Waals surface area contributed by atoms with Crippen molar-refractivity contribution in [2.75, 3.05) is 26.7 Å². The van der Waals surface area contributed by atoms with E-state index in [0.29, 0.717) is 13.0 Å². The van der Waals surface area contributed by atoms with Crippen molar-refractivity contribution in [2.45, 2.75) is 25.3 Å². The van der Waals surface area contributed by atoms with Gasteiger partial charge in [0.25, 0.3) is 5.91 Å². The van der Waals surface area contributed by atoms with Gasteiger partial charge in [-0.25, -0.2) is 0 Å². The fourth-order valence-corrected chi connectivity index (χ4v) is 2.96. The summed E-state index contributed by atoms with van der Waals surface area (Å²) in [6.45, 7) is 2.18. The summed E-state index contributed by atoms with van der Waals surface area (Å²) >= 11 is 1.52. The fraction of sp³-hybridized carbons (Fsp3) is 0.571. The van der Waals surface area contributed by atoms with Crippen molar-refractivity contribution < 1.29 is 9.59 Å². The molecule has 110 valence electrons. The van der Waals surface area contributed by atoms with E-state index < -0.39 is 0 Å². The minimum absolute atomic E-state index is 0.00814. The van der Waals surface area contributed by atoms with Crippen molar-refractivity contribution in [1.29, 1.82) is 0 Å². The second-order valence-electron chi connectivity index (χ2n) is 4.99. The van der Waals surface area contributed by atoms with Crippen LogP contribution in [0.4, 0.5) is 0 Å². The molecule has 0 aliphatic carbocycles. The highest BCUT2D eigenvalue weighted by atomic mass is 32.1. The number of thiophene rings is 1. The van der Waals surface area contributed by atoms with E-state index in [1.54, 1.807) is 0 Å². The first-order chi connectivity index (χ1) is 9.70. The van der Waals surface area contributed by atoms with E-state index in [4.69, 9.17) is 0 Å². The average Bonchev–Trinajstić information content (AvgIpc) is 3.00. The van der Waals surface area contributed by atoms with Crippen molar-refractivity contribution in [3.8, 4) is 0 Å². The first-order valence-corrected chi connectivity index (χ1v) is 7.90. The van der Waals surface area contributed by atoms with E-state index in [1.165, 1.54) is 11.3 Å². The summed E-state index contributed by atoms with van der Waals surface area (Å²) in [6, 6.07) is 2.01. The maximum absolute atomic E-state index is 11.9. The van der Waals surface area contributed by atoms with Crippen molar-refractivity contribution in [3.63, 3.8) is 0 Å². The molecule has 1 aliphatic rings. The molecule has 1 aromatic heterocycles. The van der Waals surface area contributed by atoms with Gasteiger partial charge in [0, 0.05) is 43.0 Å². The topological polar surface area (TPSA) is 61.4 Å². The van der Waals surface area contributed by atoms with Crippen molar-refractivity contribution >= 4 is 23.2 Å². The number of hydrogen-bond acceptors (Lipinski definition) is 4. The second kappa shape index (κ2) is 7.40. The molecule has 1 aliphatic heterocycles. The molecular weight excluding hydrogens is 274 g/mol. The quantitative estimate of drug-likeness (QED) is 0.854. The number of nitrogens with zero attached hydrogens (tertiary/aromatic N) is 1. The van der Waals surface area contributed by atoms with Gasteiger partial charge in [-0.05, 0) is 31.3 Å². The van der Waals surface area contributed by atoms with E-state index in [2.05, 4.69) is 10.6 Å². The minimum atomic E-state index is -0.00814. The lowest BCUT2D eigenvalue weighted by Gasteiger charge is -2.32. The predicted molar refractivity (Wildman–Crippen MR) is 79.9 cm³/mol. The predicted octanol–water partition coefficient (Wildman–Crippen LogP) is 1.08. The van der Waals surface area contributed by atoms with E-state index in [0.717, 1.165) is 31.5 Å². The number of likely N-dealkylation sites (tertiary alicyclic amines) is 1. The van der Waals surface area contributed by atoms with Gasteiger partial charge >= 0.3 is 0 Å². The van der Waals surface area contributed by atoms with E-state index in [-0.39, 0.29) is 17.9 Å². The maximum Gasteiger partial charge on any atom is 0.252 e. The van der Waals surface area contributed by atoms with Crippen LogP contribution in [0.2, 0.25) is 0 Å². The Bertz CT molecular complexity index is 439. The molecule has 5 nitrogen and oxygen atoms in total. The highest BCUT2D eigenvalue weighted by molar-refractivity contribution is 7.08. The zero-order valence-corrected chi connectivity index (χ0v) is 12.5. The van der Waals surface area contributed by atoms with Gasteiger partial charge in [0.15, 0.2) is 0 Å². The van der Waals surface area contributed by atoms with E-state index in [9.17, 15) is 9.59 Å². The molecule has 0 bridgehead atoms. The third-order valence-corrected chi connectivity index (χ3v) is 4.24. The van der Waals surface area contributed by atoms with Crippen LogP contribution < -0.4 is 10.6 Å². The first-order valence-electron chi connectivity index (χ1n) is 6.96. The standard InChI is InChI=1S/C14H21N3O2S/c1-15-6-2-13(18)17-7-3-12(4-8-17)16-14(19)11-5-9-20-10-11/h5,9-10,12,15H,2-4,6-8H2,1H3,(H,16,19). The summed E-state index contributed by atoms with van der Waals surface area (Å²) in [5.74, 6) is 0.188. The zero-order chi connectivity index (χ0) is 14.4. The molecule has 0 radical (unpaired) electrons. The molecule has 0 aromatic carbocycles. The Morgan fingerprint density at radius 3 is 2.75 bits per heavy atom. The molecule has 0 atom stereocenters. The van der Waals surface area contributed by atoms with Crippen LogP contribution in [-0.4, -0.2) is 49.4 Å². The molecule has 1 fully saturated rings. The molecular formula is C14H21N3O2S. The molecule has 20 heavy (non-hydrogen) atoms. The van der Waals surface area contributed by atoms with Gasteiger partial charge in [-0.15, -0.1) is 0 Å². The zero-order valence-electron chi connectivity index (χ0n) is 11.7. The second-order valence-corrected chi connectivity index (χ2v) is 5.77. The summed E-state index contributed by atoms with van der Waals surface area (Å²) in [5.41, 5.74) is 0.725. The smallest absolute Gasteiger partial charge is 0.252 e. The summed E-state index contributed by atoms with van der Waals surface area (Å²) < 4.78 is 0. The van der Waals surface area contributed by atoms with Crippen LogP contribution >= 0.6 is 11.3 Å². The Labute approximate surface area is 123 Å².